The monoisotopic (exact) mass is 387 g/mol. The van der Waals surface area contributed by atoms with Gasteiger partial charge in [0, 0.05) is 16.8 Å². The van der Waals surface area contributed by atoms with Crippen molar-refractivity contribution in [2.45, 2.75) is 41.2 Å². The summed E-state index contributed by atoms with van der Waals surface area (Å²) in [7, 11) is 0. The van der Waals surface area contributed by atoms with Crippen molar-refractivity contribution in [3.63, 3.8) is 0 Å². The van der Waals surface area contributed by atoms with E-state index in [1.165, 1.54) is 11.1 Å². The van der Waals surface area contributed by atoms with Gasteiger partial charge >= 0.3 is 0 Å². The van der Waals surface area contributed by atoms with Crippen molar-refractivity contribution in [3.8, 4) is 28.4 Å². The molecule has 0 radical (unpaired) electrons. The zero-order chi connectivity index (χ0) is 20.5. The molecular formula is C24H25N3O2. The Bertz CT molecular complexity index is 1130. The first kappa shape index (κ1) is 19.0. The Morgan fingerprint density at radius 3 is 2.41 bits per heavy atom. The molecule has 2 heterocycles. The maximum Gasteiger partial charge on any atom is 0.140 e. The number of hydrogen-bond donors (Lipinski definition) is 1. The van der Waals surface area contributed by atoms with Crippen LogP contribution in [-0.4, -0.2) is 15.1 Å². The highest BCUT2D eigenvalue weighted by Gasteiger charge is 2.13. The highest BCUT2D eigenvalue weighted by molar-refractivity contribution is 5.69. The number of nitrogens with zero attached hydrogens (tertiary/aromatic N) is 2. The Balaban J connectivity index is 1.55. The van der Waals surface area contributed by atoms with Gasteiger partial charge < -0.3 is 14.2 Å². The predicted octanol–water partition coefficient (Wildman–Crippen LogP) is 5.85. The molecule has 0 spiro atoms. The predicted molar refractivity (Wildman–Crippen MR) is 114 cm³/mol. The molecule has 5 nitrogen and oxygen atoms in total. The molecule has 1 N–H and O–H groups in total. The third-order valence-electron chi connectivity index (χ3n) is 5.44. The van der Waals surface area contributed by atoms with Crippen LogP contribution in [0.15, 0.2) is 47.0 Å². The molecule has 4 rings (SSSR count). The Morgan fingerprint density at radius 1 is 0.966 bits per heavy atom. The normalized spacial score (nSPS) is 11.1. The van der Waals surface area contributed by atoms with Gasteiger partial charge in [-0.05, 0) is 70.0 Å². The Kier molecular flexibility index (Phi) is 4.97. The topological polar surface area (TPSA) is 63.9 Å². The van der Waals surface area contributed by atoms with Crippen LogP contribution in [0.2, 0.25) is 0 Å². The highest BCUT2D eigenvalue weighted by atomic mass is 16.5. The third kappa shape index (κ3) is 3.68. The Labute approximate surface area is 170 Å². The van der Waals surface area contributed by atoms with Crippen molar-refractivity contribution in [1.29, 1.82) is 0 Å². The highest BCUT2D eigenvalue weighted by Crippen LogP contribution is 2.29. The SMILES string of the molecule is Cc1cccc(-c2nc(-c3ccc(OCc4c(C)noc4C)cc3)c(C)[nH]2)c1C. The van der Waals surface area contributed by atoms with E-state index in [2.05, 4.69) is 49.1 Å². The van der Waals surface area contributed by atoms with E-state index in [-0.39, 0.29) is 0 Å². The minimum absolute atomic E-state index is 0.443. The van der Waals surface area contributed by atoms with Crippen LogP contribution in [0, 0.1) is 34.6 Å². The summed E-state index contributed by atoms with van der Waals surface area (Å²) >= 11 is 0. The van der Waals surface area contributed by atoms with E-state index in [9.17, 15) is 0 Å². The second-order valence-electron chi connectivity index (χ2n) is 7.42. The number of nitrogens with one attached hydrogen (secondary N) is 1. The van der Waals surface area contributed by atoms with Gasteiger partial charge in [0.05, 0.1) is 17.0 Å². The molecule has 0 aliphatic heterocycles. The molecule has 5 heteroatoms. The fraction of sp³-hybridized carbons (Fsp3) is 0.250. The summed E-state index contributed by atoms with van der Waals surface area (Å²) in [5.41, 5.74) is 8.57. The fourth-order valence-electron chi connectivity index (χ4n) is 3.45. The van der Waals surface area contributed by atoms with E-state index in [1.54, 1.807) is 0 Å². The van der Waals surface area contributed by atoms with Crippen molar-refractivity contribution in [1.82, 2.24) is 15.1 Å². The lowest BCUT2D eigenvalue weighted by Crippen LogP contribution is -1.97. The molecule has 4 aromatic rings. The van der Waals surface area contributed by atoms with Crippen LogP contribution in [0.5, 0.6) is 5.75 Å². The molecule has 0 atom stereocenters. The van der Waals surface area contributed by atoms with E-state index >= 15 is 0 Å². The number of aromatic nitrogens is 3. The number of benzene rings is 2. The zero-order valence-corrected chi connectivity index (χ0v) is 17.5. The second-order valence-corrected chi connectivity index (χ2v) is 7.42. The summed E-state index contributed by atoms with van der Waals surface area (Å²) in [4.78, 5) is 8.31. The number of ether oxygens (including phenoxy) is 1. The molecule has 148 valence electrons. The quantitative estimate of drug-likeness (QED) is 0.466. The minimum Gasteiger partial charge on any atom is -0.489 e. The molecule has 29 heavy (non-hydrogen) atoms. The number of hydrogen-bond acceptors (Lipinski definition) is 4. The van der Waals surface area contributed by atoms with Crippen LogP contribution in [0.4, 0.5) is 0 Å². The van der Waals surface area contributed by atoms with Crippen molar-refractivity contribution in [3.05, 3.63) is 76.3 Å². The smallest absolute Gasteiger partial charge is 0.140 e. The molecule has 0 saturated heterocycles. The summed E-state index contributed by atoms with van der Waals surface area (Å²) in [6.07, 6.45) is 0. The van der Waals surface area contributed by atoms with Gasteiger partial charge in [0.15, 0.2) is 0 Å². The van der Waals surface area contributed by atoms with Crippen LogP contribution in [0.25, 0.3) is 22.6 Å². The largest absolute Gasteiger partial charge is 0.489 e. The van der Waals surface area contributed by atoms with Gasteiger partial charge in [-0.1, -0.05) is 23.4 Å². The molecule has 0 saturated carbocycles. The first-order valence-electron chi connectivity index (χ1n) is 9.72. The van der Waals surface area contributed by atoms with E-state index < -0.39 is 0 Å². The first-order valence-corrected chi connectivity index (χ1v) is 9.72. The molecule has 0 bridgehead atoms. The van der Waals surface area contributed by atoms with Crippen molar-refractivity contribution in [2.75, 3.05) is 0 Å². The molecule has 0 unspecified atom stereocenters. The van der Waals surface area contributed by atoms with Gasteiger partial charge in [0.2, 0.25) is 0 Å². The van der Waals surface area contributed by atoms with Crippen molar-refractivity contribution >= 4 is 0 Å². The molecule has 0 fully saturated rings. The lowest BCUT2D eigenvalue weighted by atomic mass is 10.0. The van der Waals surface area contributed by atoms with E-state index in [0.717, 1.165) is 51.1 Å². The number of rotatable bonds is 5. The maximum atomic E-state index is 5.91. The molecule has 2 aromatic carbocycles. The molecule has 0 amide bonds. The molecule has 0 aliphatic rings. The summed E-state index contributed by atoms with van der Waals surface area (Å²) in [5.74, 6) is 2.50. The van der Waals surface area contributed by atoms with Gasteiger partial charge in [-0.3, -0.25) is 0 Å². The van der Waals surface area contributed by atoms with Gasteiger partial charge in [-0.2, -0.15) is 0 Å². The third-order valence-corrected chi connectivity index (χ3v) is 5.44. The average molecular weight is 387 g/mol. The van der Waals surface area contributed by atoms with E-state index in [1.807, 2.05) is 38.1 Å². The van der Waals surface area contributed by atoms with Crippen LogP contribution in [-0.2, 0) is 6.61 Å². The molecule has 0 aliphatic carbocycles. The van der Waals surface area contributed by atoms with Gasteiger partial charge in [0.25, 0.3) is 0 Å². The Morgan fingerprint density at radius 2 is 1.72 bits per heavy atom. The first-order chi connectivity index (χ1) is 13.9. The van der Waals surface area contributed by atoms with Crippen LogP contribution in [0.1, 0.15) is 33.8 Å². The minimum atomic E-state index is 0.443. The van der Waals surface area contributed by atoms with E-state index in [0.29, 0.717) is 6.61 Å². The molecule has 2 aromatic heterocycles. The summed E-state index contributed by atoms with van der Waals surface area (Å²) in [6.45, 7) is 10.6. The summed E-state index contributed by atoms with van der Waals surface area (Å²) < 4.78 is 11.1. The summed E-state index contributed by atoms with van der Waals surface area (Å²) in [6, 6.07) is 14.3. The number of aryl methyl sites for hydroxylation is 4. The number of H-pyrrole nitrogens is 1. The lowest BCUT2D eigenvalue weighted by Gasteiger charge is -2.07. The fourth-order valence-corrected chi connectivity index (χ4v) is 3.45. The number of imidazole rings is 1. The standard InChI is InChI=1S/C24H25N3O2/c1-14-7-6-8-21(15(14)2)24-25-17(4)23(26-24)19-9-11-20(12-10-19)28-13-22-16(3)27-29-18(22)5/h6-12H,13H2,1-5H3,(H,25,26). The average Bonchev–Trinajstić information content (AvgIpc) is 3.25. The van der Waals surface area contributed by atoms with Gasteiger partial charge in [0.1, 0.15) is 23.9 Å². The zero-order valence-electron chi connectivity index (χ0n) is 17.5. The maximum absolute atomic E-state index is 5.91. The van der Waals surface area contributed by atoms with Crippen molar-refractivity contribution < 1.29 is 9.26 Å². The van der Waals surface area contributed by atoms with Crippen LogP contribution < -0.4 is 4.74 Å². The number of aromatic amines is 1. The summed E-state index contributed by atoms with van der Waals surface area (Å²) in [5, 5.41) is 3.96. The van der Waals surface area contributed by atoms with Crippen LogP contribution in [0.3, 0.4) is 0 Å². The molecular weight excluding hydrogens is 362 g/mol. The second kappa shape index (κ2) is 7.59. The van der Waals surface area contributed by atoms with Gasteiger partial charge in [-0.25, -0.2) is 4.98 Å². The Hall–Kier alpha value is -3.34. The van der Waals surface area contributed by atoms with Crippen LogP contribution >= 0.6 is 0 Å². The van der Waals surface area contributed by atoms with E-state index in [4.69, 9.17) is 14.2 Å². The van der Waals surface area contributed by atoms with Crippen molar-refractivity contribution in [2.24, 2.45) is 0 Å². The lowest BCUT2D eigenvalue weighted by molar-refractivity contribution is 0.302. The van der Waals surface area contributed by atoms with Gasteiger partial charge in [-0.15, -0.1) is 0 Å².